The number of aryl methyl sites for hydroxylation is 1. The maximum atomic E-state index is 11.8. The summed E-state index contributed by atoms with van der Waals surface area (Å²) in [5.41, 5.74) is 1.90. The van der Waals surface area contributed by atoms with E-state index in [4.69, 9.17) is 4.74 Å². The van der Waals surface area contributed by atoms with Crippen molar-refractivity contribution in [2.75, 3.05) is 12.4 Å². The van der Waals surface area contributed by atoms with Crippen LogP contribution < -0.4 is 10.1 Å². The fraction of sp³-hybridized carbons (Fsp3) is 0.562. The monoisotopic (exact) mass is 263 g/mol. The van der Waals surface area contributed by atoms with Crippen molar-refractivity contribution in [1.29, 1.82) is 0 Å². The van der Waals surface area contributed by atoms with E-state index in [0.717, 1.165) is 29.8 Å². The topological polar surface area (TPSA) is 38.3 Å². The summed E-state index contributed by atoms with van der Waals surface area (Å²) in [5.74, 6) is 0.858. The SMILES string of the molecule is CCCCCCCC(=O)Nc1cc(OC)ccc1C. The van der Waals surface area contributed by atoms with Gasteiger partial charge in [-0.1, -0.05) is 38.7 Å². The van der Waals surface area contributed by atoms with E-state index in [1.165, 1.54) is 19.3 Å². The predicted molar refractivity (Wildman–Crippen MR) is 79.7 cm³/mol. The molecule has 106 valence electrons. The molecule has 1 rings (SSSR count). The van der Waals surface area contributed by atoms with Crippen molar-refractivity contribution < 1.29 is 9.53 Å². The number of nitrogens with one attached hydrogen (secondary N) is 1. The molecule has 3 heteroatoms. The van der Waals surface area contributed by atoms with Crippen LogP contribution in [-0.4, -0.2) is 13.0 Å². The lowest BCUT2D eigenvalue weighted by atomic mass is 10.1. The standard InChI is InChI=1S/C16H25NO2/c1-4-5-6-7-8-9-16(18)17-15-12-14(19-3)11-10-13(15)2/h10-12H,4-9H2,1-3H3,(H,17,18). The van der Waals surface area contributed by atoms with Crippen molar-refractivity contribution >= 4 is 11.6 Å². The molecule has 1 amide bonds. The van der Waals surface area contributed by atoms with Gasteiger partial charge < -0.3 is 10.1 Å². The third kappa shape index (κ3) is 5.77. The molecule has 0 aliphatic carbocycles. The van der Waals surface area contributed by atoms with E-state index in [-0.39, 0.29) is 5.91 Å². The summed E-state index contributed by atoms with van der Waals surface area (Å²) >= 11 is 0. The van der Waals surface area contributed by atoms with E-state index >= 15 is 0 Å². The third-order valence-corrected chi connectivity index (χ3v) is 3.23. The van der Waals surface area contributed by atoms with Gasteiger partial charge in [0.2, 0.25) is 5.91 Å². The molecule has 0 aliphatic heterocycles. The second kappa shape index (κ2) is 8.57. The maximum absolute atomic E-state index is 11.8. The van der Waals surface area contributed by atoms with Gasteiger partial charge in [-0.2, -0.15) is 0 Å². The van der Waals surface area contributed by atoms with E-state index in [9.17, 15) is 4.79 Å². The minimum atomic E-state index is 0.0906. The number of amides is 1. The molecule has 0 aromatic heterocycles. The van der Waals surface area contributed by atoms with Gasteiger partial charge in [-0.25, -0.2) is 0 Å². The number of ether oxygens (including phenoxy) is 1. The zero-order chi connectivity index (χ0) is 14.1. The molecule has 3 nitrogen and oxygen atoms in total. The van der Waals surface area contributed by atoms with Gasteiger partial charge in [0.1, 0.15) is 5.75 Å². The van der Waals surface area contributed by atoms with Gasteiger partial charge in [-0.05, 0) is 25.0 Å². The number of methoxy groups -OCH3 is 1. The van der Waals surface area contributed by atoms with Gasteiger partial charge >= 0.3 is 0 Å². The van der Waals surface area contributed by atoms with Gasteiger partial charge in [0.05, 0.1) is 7.11 Å². The average Bonchev–Trinajstić information content (AvgIpc) is 2.41. The van der Waals surface area contributed by atoms with Crippen molar-refractivity contribution in [2.45, 2.75) is 52.4 Å². The molecule has 0 atom stereocenters. The summed E-state index contributed by atoms with van der Waals surface area (Å²) in [7, 11) is 1.63. The van der Waals surface area contributed by atoms with Crippen LogP contribution in [0.4, 0.5) is 5.69 Å². The summed E-state index contributed by atoms with van der Waals surface area (Å²) in [5, 5.41) is 2.96. The molecule has 0 heterocycles. The Morgan fingerprint density at radius 3 is 2.63 bits per heavy atom. The van der Waals surface area contributed by atoms with Crippen LogP contribution in [0.3, 0.4) is 0 Å². The number of anilines is 1. The highest BCUT2D eigenvalue weighted by Gasteiger charge is 2.05. The number of hydrogen-bond acceptors (Lipinski definition) is 2. The van der Waals surface area contributed by atoms with Crippen LogP contribution in [0, 0.1) is 6.92 Å². The Hall–Kier alpha value is -1.51. The lowest BCUT2D eigenvalue weighted by Crippen LogP contribution is -2.12. The molecule has 1 aromatic rings. The lowest BCUT2D eigenvalue weighted by Gasteiger charge is -2.10. The first kappa shape index (κ1) is 15.5. The van der Waals surface area contributed by atoms with E-state index in [1.807, 2.05) is 25.1 Å². The van der Waals surface area contributed by atoms with Gasteiger partial charge in [0.15, 0.2) is 0 Å². The second-order valence-electron chi connectivity index (χ2n) is 4.89. The molecule has 0 unspecified atom stereocenters. The Morgan fingerprint density at radius 2 is 1.95 bits per heavy atom. The predicted octanol–water partition coefficient (Wildman–Crippen LogP) is 4.30. The molecular weight excluding hydrogens is 238 g/mol. The number of carbonyl (C=O) groups is 1. The molecule has 1 N–H and O–H groups in total. The molecule has 1 aromatic carbocycles. The minimum Gasteiger partial charge on any atom is -0.497 e. The van der Waals surface area contributed by atoms with Crippen LogP contribution in [-0.2, 0) is 4.79 Å². The van der Waals surface area contributed by atoms with E-state index in [1.54, 1.807) is 7.11 Å². The van der Waals surface area contributed by atoms with E-state index in [0.29, 0.717) is 6.42 Å². The van der Waals surface area contributed by atoms with Crippen LogP contribution in [0.15, 0.2) is 18.2 Å². The lowest BCUT2D eigenvalue weighted by molar-refractivity contribution is -0.116. The highest BCUT2D eigenvalue weighted by Crippen LogP contribution is 2.22. The third-order valence-electron chi connectivity index (χ3n) is 3.23. The van der Waals surface area contributed by atoms with Crippen LogP contribution in [0.2, 0.25) is 0 Å². The Bertz CT molecular complexity index is 402. The molecule has 19 heavy (non-hydrogen) atoms. The second-order valence-corrected chi connectivity index (χ2v) is 4.89. The minimum absolute atomic E-state index is 0.0906. The smallest absolute Gasteiger partial charge is 0.224 e. The summed E-state index contributed by atoms with van der Waals surface area (Å²) in [4.78, 5) is 11.8. The molecule has 0 bridgehead atoms. The Labute approximate surface area is 116 Å². The Balaban J connectivity index is 2.39. The fourth-order valence-corrected chi connectivity index (χ4v) is 1.96. The number of benzene rings is 1. The van der Waals surface area contributed by atoms with Crippen LogP contribution in [0.5, 0.6) is 5.75 Å². The van der Waals surface area contributed by atoms with Crippen molar-refractivity contribution in [3.05, 3.63) is 23.8 Å². The molecule has 0 radical (unpaired) electrons. The van der Waals surface area contributed by atoms with Gasteiger partial charge in [-0.3, -0.25) is 4.79 Å². The van der Waals surface area contributed by atoms with E-state index in [2.05, 4.69) is 12.2 Å². The fourth-order valence-electron chi connectivity index (χ4n) is 1.96. The normalized spacial score (nSPS) is 10.3. The van der Waals surface area contributed by atoms with Crippen LogP contribution in [0.25, 0.3) is 0 Å². The van der Waals surface area contributed by atoms with Gasteiger partial charge in [0, 0.05) is 18.2 Å². The van der Waals surface area contributed by atoms with Crippen LogP contribution in [0.1, 0.15) is 51.0 Å². The van der Waals surface area contributed by atoms with Crippen molar-refractivity contribution in [3.8, 4) is 5.75 Å². The van der Waals surface area contributed by atoms with Crippen molar-refractivity contribution in [1.82, 2.24) is 0 Å². The molecule has 0 saturated heterocycles. The summed E-state index contributed by atoms with van der Waals surface area (Å²) in [6.45, 7) is 4.18. The van der Waals surface area contributed by atoms with E-state index < -0.39 is 0 Å². The molecule has 0 saturated carbocycles. The quantitative estimate of drug-likeness (QED) is 0.710. The van der Waals surface area contributed by atoms with Crippen molar-refractivity contribution in [2.24, 2.45) is 0 Å². The molecule has 0 spiro atoms. The largest absolute Gasteiger partial charge is 0.497 e. The van der Waals surface area contributed by atoms with Gasteiger partial charge in [0.25, 0.3) is 0 Å². The average molecular weight is 263 g/mol. The van der Waals surface area contributed by atoms with Crippen molar-refractivity contribution in [3.63, 3.8) is 0 Å². The molecular formula is C16H25NO2. The first-order valence-corrected chi connectivity index (χ1v) is 7.12. The van der Waals surface area contributed by atoms with Gasteiger partial charge in [-0.15, -0.1) is 0 Å². The summed E-state index contributed by atoms with van der Waals surface area (Å²) in [6.07, 6.45) is 6.42. The highest BCUT2D eigenvalue weighted by molar-refractivity contribution is 5.91. The summed E-state index contributed by atoms with van der Waals surface area (Å²) < 4.78 is 5.17. The number of carbonyl (C=O) groups excluding carboxylic acids is 1. The number of hydrogen-bond donors (Lipinski definition) is 1. The Morgan fingerprint density at radius 1 is 1.21 bits per heavy atom. The van der Waals surface area contributed by atoms with Crippen LogP contribution >= 0.6 is 0 Å². The molecule has 0 fully saturated rings. The Kier molecular flexibility index (Phi) is 7.01. The number of rotatable bonds is 8. The highest BCUT2D eigenvalue weighted by atomic mass is 16.5. The first-order chi connectivity index (χ1) is 9.17. The zero-order valence-corrected chi connectivity index (χ0v) is 12.3. The molecule has 0 aliphatic rings. The first-order valence-electron chi connectivity index (χ1n) is 7.12. The number of unbranched alkanes of at least 4 members (excludes halogenated alkanes) is 4. The zero-order valence-electron chi connectivity index (χ0n) is 12.3. The maximum Gasteiger partial charge on any atom is 0.224 e. The summed E-state index contributed by atoms with van der Waals surface area (Å²) in [6, 6.07) is 5.72.